The van der Waals surface area contributed by atoms with E-state index in [9.17, 15) is 8.78 Å². The van der Waals surface area contributed by atoms with Crippen LogP contribution in [0.5, 0.6) is 0 Å². The summed E-state index contributed by atoms with van der Waals surface area (Å²) in [5.74, 6) is -1.70. The minimum Gasteiger partial charge on any atom is -0.310 e. The van der Waals surface area contributed by atoms with Crippen LogP contribution < -0.4 is 5.32 Å². The Morgan fingerprint density at radius 1 is 1.10 bits per heavy atom. The molecule has 0 aliphatic rings. The van der Waals surface area contributed by atoms with Gasteiger partial charge in [0.15, 0.2) is 11.6 Å². The molecule has 1 nitrogen and oxygen atoms in total. The monoisotopic (exact) mass is 327 g/mol. The van der Waals surface area contributed by atoms with Gasteiger partial charge < -0.3 is 5.32 Å². The number of hydrogen-bond donors (Lipinski definition) is 1. The van der Waals surface area contributed by atoms with Gasteiger partial charge in [-0.15, -0.1) is 0 Å². The van der Waals surface area contributed by atoms with Crippen LogP contribution in [0.2, 0.25) is 5.02 Å². The van der Waals surface area contributed by atoms with Crippen LogP contribution in [-0.4, -0.2) is 6.04 Å². The summed E-state index contributed by atoms with van der Waals surface area (Å²) in [5, 5.41) is 3.92. The quantitative estimate of drug-likeness (QED) is 0.803. The second kappa shape index (κ2) is 7.25. The van der Waals surface area contributed by atoms with Crippen molar-refractivity contribution >= 4 is 23.4 Å². The van der Waals surface area contributed by atoms with Crippen molar-refractivity contribution in [3.63, 3.8) is 0 Å². The third kappa shape index (κ3) is 4.70. The Hall–Kier alpha value is -1.10. The largest absolute Gasteiger partial charge is 0.310 e. The standard InChI is InChI=1S/C16H16ClF2NS/c1-10(2)20-9-11-3-6-16(13(17)7-11)21-12-4-5-14(18)15(19)8-12/h3-8,10,20H,9H2,1-2H3. The summed E-state index contributed by atoms with van der Waals surface area (Å²) < 4.78 is 26.1. The van der Waals surface area contributed by atoms with E-state index in [4.69, 9.17) is 11.6 Å². The van der Waals surface area contributed by atoms with Gasteiger partial charge >= 0.3 is 0 Å². The molecule has 0 fully saturated rings. The van der Waals surface area contributed by atoms with Gasteiger partial charge in [0.2, 0.25) is 0 Å². The van der Waals surface area contributed by atoms with Gasteiger partial charge in [-0.3, -0.25) is 0 Å². The van der Waals surface area contributed by atoms with E-state index in [1.165, 1.54) is 23.9 Å². The number of halogens is 3. The Morgan fingerprint density at radius 3 is 2.48 bits per heavy atom. The third-order valence-corrected chi connectivity index (χ3v) is 4.32. The Bertz CT molecular complexity index is 632. The SMILES string of the molecule is CC(C)NCc1ccc(Sc2ccc(F)c(F)c2)c(Cl)c1. The van der Waals surface area contributed by atoms with Gasteiger partial charge in [-0.2, -0.15) is 0 Å². The topological polar surface area (TPSA) is 12.0 Å². The lowest BCUT2D eigenvalue weighted by molar-refractivity contribution is 0.506. The summed E-state index contributed by atoms with van der Waals surface area (Å²) in [6.45, 7) is 4.90. The lowest BCUT2D eigenvalue weighted by Gasteiger charge is -2.10. The normalized spacial score (nSPS) is 11.1. The van der Waals surface area contributed by atoms with Crippen molar-refractivity contribution in [3.05, 3.63) is 58.6 Å². The van der Waals surface area contributed by atoms with Crippen LogP contribution in [-0.2, 0) is 6.54 Å². The summed E-state index contributed by atoms with van der Waals surface area (Å²) in [5.41, 5.74) is 1.09. The Kier molecular flexibility index (Phi) is 5.62. The predicted molar refractivity (Wildman–Crippen MR) is 83.9 cm³/mol. The second-order valence-electron chi connectivity index (χ2n) is 4.98. The summed E-state index contributed by atoms with van der Waals surface area (Å²) in [6, 6.07) is 9.99. The molecular weight excluding hydrogens is 312 g/mol. The Balaban J connectivity index is 2.11. The smallest absolute Gasteiger partial charge is 0.159 e. The fraction of sp³-hybridized carbons (Fsp3) is 0.250. The molecular formula is C16H16ClF2NS. The van der Waals surface area contributed by atoms with Crippen LogP contribution in [0.4, 0.5) is 8.78 Å². The summed E-state index contributed by atoms with van der Waals surface area (Å²) in [4.78, 5) is 1.43. The molecule has 0 heterocycles. The number of hydrogen-bond acceptors (Lipinski definition) is 2. The molecule has 0 radical (unpaired) electrons. The molecule has 0 aliphatic carbocycles. The van der Waals surface area contributed by atoms with Gasteiger partial charge in [0.1, 0.15) is 0 Å². The maximum Gasteiger partial charge on any atom is 0.159 e. The molecule has 0 spiro atoms. The Labute approximate surface area is 132 Å². The van der Waals surface area contributed by atoms with Crippen LogP contribution in [0, 0.1) is 11.6 Å². The first kappa shape index (κ1) is 16.3. The molecule has 0 aromatic heterocycles. The highest BCUT2D eigenvalue weighted by Gasteiger charge is 2.07. The van der Waals surface area contributed by atoms with Crippen molar-refractivity contribution in [1.82, 2.24) is 5.32 Å². The van der Waals surface area contributed by atoms with E-state index in [2.05, 4.69) is 19.2 Å². The average molecular weight is 328 g/mol. The van der Waals surface area contributed by atoms with Gasteiger partial charge in [0, 0.05) is 22.4 Å². The van der Waals surface area contributed by atoms with Gasteiger partial charge in [-0.05, 0) is 35.9 Å². The lowest BCUT2D eigenvalue weighted by Crippen LogP contribution is -2.21. The maximum absolute atomic E-state index is 13.2. The first-order chi connectivity index (χ1) is 9.95. The lowest BCUT2D eigenvalue weighted by atomic mass is 10.2. The van der Waals surface area contributed by atoms with Crippen LogP contribution in [0.3, 0.4) is 0 Å². The molecule has 0 amide bonds. The van der Waals surface area contributed by atoms with Crippen molar-refractivity contribution in [1.29, 1.82) is 0 Å². The Morgan fingerprint density at radius 2 is 1.86 bits per heavy atom. The number of benzene rings is 2. The van der Waals surface area contributed by atoms with E-state index in [-0.39, 0.29) is 0 Å². The molecule has 0 bridgehead atoms. The van der Waals surface area contributed by atoms with E-state index >= 15 is 0 Å². The van der Waals surface area contributed by atoms with E-state index in [0.717, 1.165) is 23.1 Å². The molecule has 0 atom stereocenters. The van der Waals surface area contributed by atoms with E-state index in [0.29, 0.717) is 16.0 Å². The summed E-state index contributed by atoms with van der Waals surface area (Å²) in [7, 11) is 0. The van der Waals surface area contributed by atoms with Crippen molar-refractivity contribution in [2.24, 2.45) is 0 Å². The zero-order valence-corrected chi connectivity index (χ0v) is 13.4. The molecule has 0 saturated heterocycles. The van der Waals surface area contributed by atoms with Crippen molar-refractivity contribution in [2.45, 2.75) is 36.2 Å². The molecule has 0 unspecified atom stereocenters. The van der Waals surface area contributed by atoms with Crippen LogP contribution in [0.15, 0.2) is 46.2 Å². The molecule has 21 heavy (non-hydrogen) atoms. The number of nitrogens with one attached hydrogen (secondary N) is 1. The van der Waals surface area contributed by atoms with Gasteiger partial charge in [0.05, 0.1) is 5.02 Å². The molecule has 0 aliphatic heterocycles. The zero-order valence-electron chi connectivity index (χ0n) is 11.8. The molecule has 1 N–H and O–H groups in total. The van der Waals surface area contributed by atoms with Crippen molar-refractivity contribution < 1.29 is 8.78 Å². The van der Waals surface area contributed by atoms with Gasteiger partial charge in [0.25, 0.3) is 0 Å². The van der Waals surface area contributed by atoms with Crippen LogP contribution in [0.25, 0.3) is 0 Å². The average Bonchev–Trinajstić information content (AvgIpc) is 2.43. The molecule has 2 aromatic carbocycles. The van der Waals surface area contributed by atoms with Crippen molar-refractivity contribution in [2.75, 3.05) is 0 Å². The highest BCUT2D eigenvalue weighted by atomic mass is 35.5. The molecule has 5 heteroatoms. The van der Waals surface area contributed by atoms with E-state index in [1.807, 2.05) is 18.2 Å². The first-order valence-electron chi connectivity index (χ1n) is 6.60. The highest BCUT2D eigenvalue weighted by molar-refractivity contribution is 7.99. The van der Waals surface area contributed by atoms with Gasteiger partial charge in [-0.1, -0.05) is 43.3 Å². The van der Waals surface area contributed by atoms with E-state index < -0.39 is 11.6 Å². The van der Waals surface area contributed by atoms with E-state index in [1.54, 1.807) is 0 Å². The highest BCUT2D eigenvalue weighted by Crippen LogP contribution is 2.34. The number of rotatable bonds is 5. The predicted octanol–water partition coefficient (Wildman–Crippen LogP) is 5.27. The molecule has 0 saturated carbocycles. The van der Waals surface area contributed by atoms with Crippen molar-refractivity contribution in [3.8, 4) is 0 Å². The third-order valence-electron chi connectivity index (χ3n) is 2.83. The van der Waals surface area contributed by atoms with Gasteiger partial charge in [-0.25, -0.2) is 8.78 Å². The fourth-order valence-corrected chi connectivity index (χ4v) is 2.89. The molecule has 112 valence electrons. The maximum atomic E-state index is 13.2. The summed E-state index contributed by atoms with van der Waals surface area (Å²) >= 11 is 7.56. The minimum atomic E-state index is -0.853. The van der Waals surface area contributed by atoms with Crippen LogP contribution >= 0.6 is 23.4 Å². The zero-order chi connectivity index (χ0) is 15.4. The summed E-state index contributed by atoms with van der Waals surface area (Å²) in [6.07, 6.45) is 0. The minimum absolute atomic E-state index is 0.403. The molecule has 2 aromatic rings. The fourth-order valence-electron chi connectivity index (χ4n) is 1.73. The first-order valence-corrected chi connectivity index (χ1v) is 7.80. The van der Waals surface area contributed by atoms with Crippen LogP contribution in [0.1, 0.15) is 19.4 Å². The second-order valence-corrected chi connectivity index (χ2v) is 6.50. The molecule has 2 rings (SSSR count).